The molecule has 3 aromatic rings. The number of nitriles is 1. The van der Waals surface area contributed by atoms with E-state index < -0.39 is 12.0 Å². The van der Waals surface area contributed by atoms with Crippen molar-refractivity contribution in [1.29, 1.82) is 5.26 Å². The fraction of sp³-hybridized carbons (Fsp3) is 0.259. The van der Waals surface area contributed by atoms with Gasteiger partial charge in [-0.2, -0.15) is 5.26 Å². The number of hydrogen-bond acceptors (Lipinski definition) is 8. The van der Waals surface area contributed by atoms with E-state index in [0.717, 1.165) is 10.0 Å². The number of halogens is 2. The standard InChI is InChI=1S/C27H23Br2N3O5S/c1-4-35-19-8-6-16(7-9-19)23-22(26(34)36-5-2)15(3)31-27-32(23)25(33)21(38-27)13-17-12-18(28)14-20(29)24(17)37-11-10-30/h6-9,12-14,23H,4-5,11H2,1-3H3/b21-13-/t23-/m1/s1. The molecule has 0 bridgehead atoms. The van der Waals surface area contributed by atoms with E-state index in [0.29, 0.717) is 48.7 Å². The number of fused-ring (bicyclic) bond motifs is 1. The van der Waals surface area contributed by atoms with E-state index >= 15 is 0 Å². The number of nitrogens with zero attached hydrogens (tertiary/aromatic N) is 3. The third-order valence-electron chi connectivity index (χ3n) is 5.63. The lowest BCUT2D eigenvalue weighted by atomic mass is 9.96. The summed E-state index contributed by atoms with van der Waals surface area (Å²) in [6.07, 6.45) is 1.70. The van der Waals surface area contributed by atoms with E-state index in [1.807, 2.05) is 37.3 Å². The minimum absolute atomic E-state index is 0.151. The number of esters is 1. The van der Waals surface area contributed by atoms with Crippen molar-refractivity contribution in [2.75, 3.05) is 19.8 Å². The largest absolute Gasteiger partial charge is 0.494 e. The number of thiazole rings is 1. The molecular formula is C27H23Br2N3O5S. The van der Waals surface area contributed by atoms with Crippen molar-refractivity contribution in [2.24, 2.45) is 4.99 Å². The molecule has 11 heteroatoms. The van der Waals surface area contributed by atoms with Crippen molar-refractivity contribution in [3.05, 3.63) is 87.4 Å². The number of benzene rings is 2. The van der Waals surface area contributed by atoms with Gasteiger partial charge in [-0.15, -0.1) is 0 Å². The third kappa shape index (κ3) is 5.62. The van der Waals surface area contributed by atoms with Gasteiger partial charge in [-0.1, -0.05) is 39.4 Å². The average Bonchev–Trinajstić information content (AvgIpc) is 3.17. The van der Waals surface area contributed by atoms with Gasteiger partial charge >= 0.3 is 5.97 Å². The monoisotopic (exact) mass is 659 g/mol. The third-order valence-corrected chi connectivity index (χ3v) is 7.66. The molecule has 38 heavy (non-hydrogen) atoms. The Labute approximate surface area is 239 Å². The van der Waals surface area contributed by atoms with E-state index in [1.54, 1.807) is 32.1 Å². The molecule has 1 aliphatic heterocycles. The van der Waals surface area contributed by atoms with Crippen LogP contribution in [0.4, 0.5) is 0 Å². The van der Waals surface area contributed by atoms with Crippen molar-refractivity contribution >= 4 is 55.2 Å². The van der Waals surface area contributed by atoms with Gasteiger partial charge in [-0.25, -0.2) is 9.79 Å². The quantitative estimate of drug-likeness (QED) is 0.327. The van der Waals surface area contributed by atoms with E-state index in [-0.39, 0.29) is 18.8 Å². The molecule has 0 fully saturated rings. The molecular weight excluding hydrogens is 638 g/mol. The number of carbonyl (C=O) groups excluding carboxylic acids is 1. The van der Waals surface area contributed by atoms with Crippen LogP contribution in [0.25, 0.3) is 6.08 Å². The Morgan fingerprint density at radius 2 is 1.92 bits per heavy atom. The van der Waals surface area contributed by atoms with Crippen molar-refractivity contribution in [1.82, 2.24) is 4.57 Å². The van der Waals surface area contributed by atoms with Crippen LogP contribution >= 0.6 is 43.2 Å². The van der Waals surface area contributed by atoms with Gasteiger partial charge in [-0.05, 0) is 72.6 Å². The number of allylic oxidation sites excluding steroid dienone is 1. The van der Waals surface area contributed by atoms with E-state index in [9.17, 15) is 9.59 Å². The van der Waals surface area contributed by atoms with E-state index in [4.69, 9.17) is 19.5 Å². The first kappa shape index (κ1) is 27.8. The highest BCUT2D eigenvalue weighted by molar-refractivity contribution is 9.11. The summed E-state index contributed by atoms with van der Waals surface area (Å²) in [5, 5.41) is 9.00. The fourth-order valence-electron chi connectivity index (χ4n) is 4.11. The molecule has 0 radical (unpaired) electrons. The molecule has 2 aromatic carbocycles. The van der Waals surface area contributed by atoms with E-state index in [2.05, 4.69) is 36.9 Å². The Balaban J connectivity index is 1.94. The summed E-state index contributed by atoms with van der Waals surface area (Å²) in [6, 6.07) is 12.1. The van der Waals surface area contributed by atoms with E-state index in [1.165, 1.54) is 15.9 Å². The zero-order valence-corrected chi connectivity index (χ0v) is 24.8. The molecule has 0 amide bonds. The Morgan fingerprint density at radius 1 is 1.18 bits per heavy atom. The van der Waals surface area contributed by atoms with Gasteiger partial charge in [0, 0.05) is 10.0 Å². The molecule has 1 aliphatic rings. The second kappa shape index (κ2) is 12.1. The summed E-state index contributed by atoms with van der Waals surface area (Å²) in [7, 11) is 0. The van der Waals surface area contributed by atoms with Crippen molar-refractivity contribution in [2.45, 2.75) is 26.8 Å². The fourth-order valence-corrected chi connectivity index (χ4v) is 6.52. The highest BCUT2D eigenvalue weighted by Crippen LogP contribution is 2.34. The van der Waals surface area contributed by atoms with Gasteiger partial charge in [-0.3, -0.25) is 9.36 Å². The van der Waals surface area contributed by atoms with Crippen LogP contribution in [0.15, 0.2) is 66.4 Å². The first-order chi connectivity index (χ1) is 18.3. The highest BCUT2D eigenvalue weighted by Gasteiger charge is 2.33. The Bertz CT molecular complexity index is 1630. The predicted octanol–water partition coefficient (Wildman–Crippen LogP) is 4.62. The maximum absolute atomic E-state index is 13.9. The summed E-state index contributed by atoms with van der Waals surface area (Å²) in [5.74, 6) is 0.601. The molecule has 0 unspecified atom stereocenters. The Hall–Kier alpha value is -3.20. The molecule has 0 N–H and O–H groups in total. The molecule has 4 rings (SSSR count). The van der Waals surface area contributed by atoms with Crippen LogP contribution in [-0.2, 0) is 9.53 Å². The van der Waals surface area contributed by atoms with Gasteiger partial charge in [0.15, 0.2) is 11.4 Å². The van der Waals surface area contributed by atoms with Gasteiger partial charge in [0.05, 0.1) is 39.5 Å². The van der Waals surface area contributed by atoms with Gasteiger partial charge in [0.25, 0.3) is 5.56 Å². The van der Waals surface area contributed by atoms with Crippen LogP contribution in [0, 0.1) is 11.3 Å². The van der Waals surface area contributed by atoms with Gasteiger partial charge in [0.1, 0.15) is 17.6 Å². The summed E-state index contributed by atoms with van der Waals surface area (Å²) in [5.41, 5.74) is 1.80. The molecule has 1 aromatic heterocycles. The van der Waals surface area contributed by atoms with Crippen LogP contribution in [0.1, 0.15) is 37.9 Å². The molecule has 8 nitrogen and oxygen atoms in total. The van der Waals surface area contributed by atoms with Gasteiger partial charge < -0.3 is 14.2 Å². The summed E-state index contributed by atoms with van der Waals surface area (Å²) in [4.78, 5) is 32.0. The van der Waals surface area contributed by atoms with Crippen LogP contribution in [-0.4, -0.2) is 30.4 Å². The molecule has 0 saturated carbocycles. The number of hydrogen-bond donors (Lipinski definition) is 0. The van der Waals surface area contributed by atoms with Gasteiger partial charge in [0.2, 0.25) is 0 Å². The zero-order valence-electron chi connectivity index (χ0n) is 20.8. The Morgan fingerprint density at radius 3 is 2.58 bits per heavy atom. The zero-order chi connectivity index (χ0) is 27.4. The molecule has 1 atom stereocenters. The first-order valence-electron chi connectivity index (χ1n) is 11.7. The minimum atomic E-state index is -0.730. The average molecular weight is 661 g/mol. The van der Waals surface area contributed by atoms with Crippen LogP contribution in [0.2, 0.25) is 0 Å². The van der Waals surface area contributed by atoms with Crippen molar-refractivity contribution < 1.29 is 19.0 Å². The lowest BCUT2D eigenvalue weighted by Crippen LogP contribution is -2.39. The molecule has 0 spiro atoms. The normalized spacial score (nSPS) is 14.9. The second-order valence-corrected chi connectivity index (χ2v) is 10.8. The Kier molecular flexibility index (Phi) is 8.87. The predicted molar refractivity (Wildman–Crippen MR) is 151 cm³/mol. The molecule has 196 valence electrons. The van der Waals surface area contributed by atoms with Crippen molar-refractivity contribution in [3.8, 4) is 17.6 Å². The van der Waals surface area contributed by atoms with Crippen molar-refractivity contribution in [3.63, 3.8) is 0 Å². The maximum Gasteiger partial charge on any atom is 0.338 e. The van der Waals surface area contributed by atoms with Crippen LogP contribution in [0.3, 0.4) is 0 Å². The molecule has 0 aliphatic carbocycles. The number of ether oxygens (including phenoxy) is 3. The SMILES string of the molecule is CCOC(=O)C1=C(C)N=c2s/c(=C\c3cc(Br)cc(Br)c3OCC#N)c(=O)n2[C@@H]1c1ccc(OCC)cc1. The smallest absolute Gasteiger partial charge is 0.338 e. The molecule has 2 heterocycles. The summed E-state index contributed by atoms with van der Waals surface area (Å²) >= 11 is 8.15. The second-order valence-electron chi connectivity index (χ2n) is 8.06. The minimum Gasteiger partial charge on any atom is -0.494 e. The number of rotatable bonds is 8. The lowest BCUT2D eigenvalue weighted by Gasteiger charge is -2.24. The summed E-state index contributed by atoms with van der Waals surface area (Å²) < 4.78 is 19.9. The lowest BCUT2D eigenvalue weighted by molar-refractivity contribution is -0.139. The molecule has 0 saturated heterocycles. The van der Waals surface area contributed by atoms with Crippen LogP contribution in [0.5, 0.6) is 11.5 Å². The topological polar surface area (TPSA) is 103 Å². The van der Waals surface area contributed by atoms with Crippen LogP contribution < -0.4 is 24.4 Å². The summed E-state index contributed by atoms with van der Waals surface area (Å²) in [6.45, 7) is 5.94. The number of carbonyl (C=O) groups is 1. The first-order valence-corrected chi connectivity index (χ1v) is 14.1. The number of aromatic nitrogens is 1. The maximum atomic E-state index is 13.9. The highest BCUT2D eigenvalue weighted by atomic mass is 79.9.